The van der Waals surface area contributed by atoms with E-state index in [2.05, 4.69) is 4.99 Å². The van der Waals surface area contributed by atoms with Gasteiger partial charge in [-0.25, -0.2) is 12.8 Å². The molecule has 1 unspecified atom stereocenters. The van der Waals surface area contributed by atoms with Crippen molar-refractivity contribution in [2.75, 3.05) is 20.3 Å². The lowest BCUT2D eigenvalue weighted by Crippen LogP contribution is -2.40. The third-order valence-electron chi connectivity index (χ3n) is 5.29. The van der Waals surface area contributed by atoms with E-state index in [1.54, 1.807) is 16.7 Å². The van der Waals surface area contributed by atoms with Crippen LogP contribution in [0.4, 0.5) is 4.39 Å². The number of methoxy groups -OCH3 is 1. The van der Waals surface area contributed by atoms with Gasteiger partial charge >= 0.3 is 0 Å². The largest absolute Gasteiger partial charge is 0.383 e. The highest BCUT2D eigenvalue weighted by Gasteiger charge is 2.39. The van der Waals surface area contributed by atoms with Crippen LogP contribution in [0.3, 0.4) is 0 Å². The quantitative estimate of drug-likeness (QED) is 0.522. The van der Waals surface area contributed by atoms with E-state index in [9.17, 15) is 17.6 Å². The van der Waals surface area contributed by atoms with Crippen LogP contribution in [0, 0.1) is 5.82 Å². The van der Waals surface area contributed by atoms with Gasteiger partial charge < -0.3 is 9.30 Å². The molecule has 7 nitrogen and oxygen atoms in total. The van der Waals surface area contributed by atoms with Gasteiger partial charge in [0.2, 0.25) is 10.0 Å². The summed E-state index contributed by atoms with van der Waals surface area (Å²) in [6.45, 7) is 0.838. The van der Waals surface area contributed by atoms with Gasteiger partial charge in [0.25, 0.3) is 5.91 Å². The van der Waals surface area contributed by atoms with E-state index >= 15 is 0 Å². The fraction of sp³-hybridized carbons (Fsp3) is 0.333. The molecule has 2 aromatic carbocycles. The number of benzene rings is 2. The van der Waals surface area contributed by atoms with E-state index in [0.717, 1.165) is 0 Å². The van der Waals surface area contributed by atoms with Gasteiger partial charge in [-0.2, -0.15) is 9.30 Å². The molecule has 1 aromatic heterocycles. The average molecular weight is 498 g/mol. The Balaban J connectivity index is 1.72. The first-order valence-corrected chi connectivity index (χ1v) is 12.6. The highest BCUT2D eigenvalue weighted by atomic mass is 35.5. The Kier molecular flexibility index (Phi) is 6.78. The molecule has 1 atom stereocenters. The summed E-state index contributed by atoms with van der Waals surface area (Å²) in [5.41, 5.74) is 0.346. The normalized spacial score (nSPS) is 18.0. The molecule has 4 rings (SSSR count). The summed E-state index contributed by atoms with van der Waals surface area (Å²) in [5, 5.41) is 0.422. The molecule has 1 aliphatic heterocycles. The smallest absolute Gasteiger partial charge is 0.266 e. The maximum Gasteiger partial charge on any atom is 0.266 e. The van der Waals surface area contributed by atoms with Crippen LogP contribution in [0.1, 0.15) is 12.8 Å². The number of para-hydroxylation sites is 1. The number of sulfonamides is 1. The topological polar surface area (TPSA) is 81.0 Å². The van der Waals surface area contributed by atoms with Crippen molar-refractivity contribution in [1.82, 2.24) is 8.87 Å². The SMILES string of the molecule is COCCn1c(=NC(=O)C2CCCN2S(=O)(=O)c2ccc(Cl)cc2)sc2cccc(F)c21. The second-order valence-corrected chi connectivity index (χ2v) is 10.6. The minimum absolute atomic E-state index is 0.0701. The second-order valence-electron chi connectivity index (χ2n) is 7.29. The zero-order valence-corrected chi connectivity index (χ0v) is 19.6. The lowest BCUT2D eigenvalue weighted by atomic mass is 10.2. The van der Waals surface area contributed by atoms with Crippen LogP contribution in [0.2, 0.25) is 5.02 Å². The maximum absolute atomic E-state index is 14.5. The molecule has 1 saturated heterocycles. The number of fused-ring (bicyclic) bond motifs is 1. The molecule has 3 aromatic rings. The molecule has 1 aliphatic rings. The van der Waals surface area contributed by atoms with Crippen molar-refractivity contribution in [3.8, 4) is 0 Å². The van der Waals surface area contributed by atoms with Crippen LogP contribution in [0.15, 0.2) is 52.4 Å². The molecule has 0 bridgehead atoms. The first-order valence-electron chi connectivity index (χ1n) is 9.95. The highest BCUT2D eigenvalue weighted by Crippen LogP contribution is 2.28. The van der Waals surface area contributed by atoms with Crippen LogP contribution in [-0.2, 0) is 26.1 Å². The molecule has 11 heteroatoms. The molecule has 2 heterocycles. The predicted octanol–water partition coefficient (Wildman–Crippen LogP) is 3.42. The highest BCUT2D eigenvalue weighted by molar-refractivity contribution is 7.89. The average Bonchev–Trinajstić information content (AvgIpc) is 3.39. The Labute approximate surface area is 193 Å². The van der Waals surface area contributed by atoms with Crippen molar-refractivity contribution >= 4 is 49.1 Å². The molecule has 0 radical (unpaired) electrons. The summed E-state index contributed by atoms with van der Waals surface area (Å²) in [6.07, 6.45) is 0.913. The summed E-state index contributed by atoms with van der Waals surface area (Å²) in [5.74, 6) is -0.991. The van der Waals surface area contributed by atoms with Gasteiger partial charge in [-0.05, 0) is 49.2 Å². The number of carbonyl (C=O) groups excluding carboxylic acids is 1. The van der Waals surface area contributed by atoms with Crippen LogP contribution < -0.4 is 4.80 Å². The molecule has 0 saturated carbocycles. The molecule has 1 amide bonds. The Morgan fingerprint density at radius 2 is 2.03 bits per heavy atom. The molecule has 1 fully saturated rings. The van der Waals surface area contributed by atoms with Gasteiger partial charge in [0.1, 0.15) is 11.9 Å². The fourth-order valence-corrected chi connectivity index (χ4v) is 6.60. The van der Waals surface area contributed by atoms with E-state index < -0.39 is 27.8 Å². The number of carbonyl (C=O) groups is 1. The van der Waals surface area contributed by atoms with Crippen molar-refractivity contribution < 1.29 is 22.3 Å². The molecule has 32 heavy (non-hydrogen) atoms. The summed E-state index contributed by atoms with van der Waals surface area (Å²) in [4.78, 5) is 17.7. The van der Waals surface area contributed by atoms with Gasteiger partial charge in [0.05, 0.1) is 21.7 Å². The minimum Gasteiger partial charge on any atom is -0.383 e. The Bertz CT molecular complexity index is 1320. The molecule has 0 aliphatic carbocycles. The molecular formula is C21H21ClFN3O4S2. The van der Waals surface area contributed by atoms with Crippen molar-refractivity contribution in [3.05, 3.63) is 58.1 Å². The number of nitrogens with zero attached hydrogens (tertiary/aromatic N) is 3. The van der Waals surface area contributed by atoms with Crippen molar-refractivity contribution in [1.29, 1.82) is 0 Å². The van der Waals surface area contributed by atoms with Gasteiger partial charge in [0, 0.05) is 25.2 Å². The summed E-state index contributed by atoms with van der Waals surface area (Å²) in [6, 6.07) is 9.61. The van der Waals surface area contributed by atoms with Crippen molar-refractivity contribution in [3.63, 3.8) is 0 Å². The number of hydrogen-bond acceptors (Lipinski definition) is 5. The zero-order chi connectivity index (χ0) is 22.9. The monoisotopic (exact) mass is 497 g/mol. The Morgan fingerprint density at radius 1 is 1.28 bits per heavy atom. The fourth-order valence-electron chi connectivity index (χ4n) is 3.75. The second kappa shape index (κ2) is 9.40. The number of aromatic nitrogens is 1. The summed E-state index contributed by atoms with van der Waals surface area (Å²) < 4.78 is 49.3. The Hall–Kier alpha value is -2.11. The molecule has 170 valence electrons. The minimum atomic E-state index is -3.89. The maximum atomic E-state index is 14.5. The van der Waals surface area contributed by atoms with Crippen molar-refractivity contribution in [2.45, 2.75) is 30.3 Å². The van der Waals surface area contributed by atoms with Gasteiger partial charge in [-0.3, -0.25) is 4.79 Å². The van der Waals surface area contributed by atoms with E-state index in [-0.39, 0.29) is 11.4 Å². The van der Waals surface area contributed by atoms with Crippen LogP contribution in [0.25, 0.3) is 10.2 Å². The number of ether oxygens (including phenoxy) is 1. The number of rotatable bonds is 6. The van der Waals surface area contributed by atoms with Crippen LogP contribution >= 0.6 is 22.9 Å². The summed E-state index contributed by atoms with van der Waals surface area (Å²) >= 11 is 7.05. The number of amides is 1. The van der Waals surface area contributed by atoms with Crippen LogP contribution in [-0.4, -0.2) is 49.5 Å². The van der Waals surface area contributed by atoms with E-state index in [1.165, 1.54) is 53.1 Å². The van der Waals surface area contributed by atoms with E-state index in [0.29, 0.717) is 46.0 Å². The third kappa shape index (κ3) is 4.38. The van der Waals surface area contributed by atoms with E-state index in [4.69, 9.17) is 16.3 Å². The lowest BCUT2D eigenvalue weighted by Gasteiger charge is -2.21. The number of halogens is 2. The molecule has 0 spiro atoms. The predicted molar refractivity (Wildman–Crippen MR) is 121 cm³/mol. The first-order chi connectivity index (χ1) is 15.3. The van der Waals surface area contributed by atoms with Gasteiger partial charge in [-0.1, -0.05) is 29.0 Å². The molecular weight excluding hydrogens is 477 g/mol. The van der Waals surface area contributed by atoms with Gasteiger partial charge in [0.15, 0.2) is 4.80 Å². The summed E-state index contributed by atoms with van der Waals surface area (Å²) in [7, 11) is -2.35. The first kappa shape index (κ1) is 23.1. The van der Waals surface area contributed by atoms with E-state index in [1.807, 2.05) is 0 Å². The lowest BCUT2D eigenvalue weighted by molar-refractivity contribution is -0.121. The van der Waals surface area contributed by atoms with Crippen LogP contribution in [0.5, 0.6) is 0 Å². The molecule has 0 N–H and O–H groups in total. The standard InChI is InChI=1S/C21H21ClFN3O4S2/c1-30-13-12-25-19-16(23)4-2-6-18(19)31-21(25)24-20(27)17-5-3-11-26(17)32(28,29)15-9-7-14(22)8-10-15/h2,4,6-10,17H,3,5,11-13H2,1H3. The third-order valence-corrected chi connectivity index (χ3v) is 8.50. The van der Waals surface area contributed by atoms with Crippen molar-refractivity contribution in [2.24, 2.45) is 4.99 Å². The number of hydrogen-bond donors (Lipinski definition) is 0. The zero-order valence-electron chi connectivity index (χ0n) is 17.2. The van der Waals surface area contributed by atoms with Gasteiger partial charge in [-0.15, -0.1) is 0 Å². The number of thiazole rings is 1. The Morgan fingerprint density at radius 3 is 2.75 bits per heavy atom.